The number of aliphatic imine (C=N–C) groups is 1. The maximum absolute atomic E-state index is 9.02. The topological polar surface area (TPSA) is 71.1 Å². The van der Waals surface area contributed by atoms with Gasteiger partial charge < -0.3 is 20.5 Å². The summed E-state index contributed by atoms with van der Waals surface area (Å²) >= 11 is 0. The van der Waals surface area contributed by atoms with E-state index in [0.717, 1.165) is 12.2 Å². The Bertz CT molecular complexity index is 300. The summed E-state index contributed by atoms with van der Waals surface area (Å²) in [4.78, 5) is 5.75. The summed E-state index contributed by atoms with van der Waals surface area (Å²) < 4.78 is 5.37. The highest BCUT2D eigenvalue weighted by atomic mass is 16.5. The molecule has 0 unspecified atom stereocenters. The van der Waals surface area contributed by atoms with Gasteiger partial charge in [-0.25, -0.2) is 4.99 Å². The molecule has 16 heavy (non-hydrogen) atoms. The number of hydrogen-bond acceptors (Lipinski definition) is 5. The minimum Gasteiger partial charge on any atom is -0.394 e. The molecule has 1 fully saturated rings. The van der Waals surface area contributed by atoms with Gasteiger partial charge in [-0.1, -0.05) is 0 Å². The molecule has 0 spiro atoms. The van der Waals surface area contributed by atoms with E-state index in [2.05, 4.69) is 16.6 Å². The normalized spacial score (nSPS) is 23.4. The molecule has 1 heterocycles. The standard InChI is InChI=1S/C11H19N3O2/c1-9(3-4-11(12)13-2)14-5-6-16-10(7-14)8-15/h3-4,10,15H,2,5-8,12H2,1H3/b9-3+,11-4-/t10-/m1/s1. The van der Waals surface area contributed by atoms with Gasteiger partial charge in [0.25, 0.3) is 0 Å². The monoisotopic (exact) mass is 225 g/mol. The van der Waals surface area contributed by atoms with E-state index >= 15 is 0 Å². The van der Waals surface area contributed by atoms with Gasteiger partial charge in [-0.15, -0.1) is 0 Å². The fourth-order valence-electron chi connectivity index (χ4n) is 1.51. The van der Waals surface area contributed by atoms with Crippen molar-refractivity contribution in [2.75, 3.05) is 26.3 Å². The summed E-state index contributed by atoms with van der Waals surface area (Å²) in [5.74, 6) is 0.395. The van der Waals surface area contributed by atoms with Crippen LogP contribution in [0, 0.1) is 0 Å². The van der Waals surface area contributed by atoms with Crippen molar-refractivity contribution in [3.8, 4) is 0 Å². The van der Waals surface area contributed by atoms with Crippen molar-refractivity contribution >= 4 is 6.72 Å². The molecule has 0 radical (unpaired) electrons. The molecule has 1 rings (SSSR count). The van der Waals surface area contributed by atoms with Crippen LogP contribution in [-0.2, 0) is 4.74 Å². The van der Waals surface area contributed by atoms with Crippen molar-refractivity contribution in [1.29, 1.82) is 0 Å². The van der Waals surface area contributed by atoms with Gasteiger partial charge in [0.2, 0.25) is 0 Å². The van der Waals surface area contributed by atoms with Crippen LogP contribution in [0.5, 0.6) is 0 Å². The highest BCUT2D eigenvalue weighted by molar-refractivity contribution is 5.29. The summed E-state index contributed by atoms with van der Waals surface area (Å²) in [6.07, 6.45) is 3.51. The first-order valence-electron chi connectivity index (χ1n) is 5.25. The second-order valence-corrected chi connectivity index (χ2v) is 3.68. The summed E-state index contributed by atoms with van der Waals surface area (Å²) in [5, 5.41) is 9.02. The number of allylic oxidation sites excluding steroid dienone is 3. The number of aliphatic hydroxyl groups excluding tert-OH is 1. The predicted molar refractivity (Wildman–Crippen MR) is 64.0 cm³/mol. The van der Waals surface area contributed by atoms with Crippen molar-refractivity contribution in [2.24, 2.45) is 10.7 Å². The second kappa shape index (κ2) is 6.30. The second-order valence-electron chi connectivity index (χ2n) is 3.68. The molecule has 1 atom stereocenters. The van der Waals surface area contributed by atoms with Gasteiger partial charge >= 0.3 is 0 Å². The van der Waals surface area contributed by atoms with Crippen molar-refractivity contribution in [2.45, 2.75) is 13.0 Å². The molecule has 5 heteroatoms. The molecule has 0 aromatic heterocycles. The van der Waals surface area contributed by atoms with Crippen LogP contribution in [0.3, 0.4) is 0 Å². The first-order valence-corrected chi connectivity index (χ1v) is 5.25. The third kappa shape index (κ3) is 3.67. The molecule has 0 aliphatic carbocycles. The average molecular weight is 225 g/mol. The Labute approximate surface area is 95.9 Å². The van der Waals surface area contributed by atoms with Crippen LogP contribution in [0.15, 0.2) is 28.7 Å². The summed E-state index contributed by atoms with van der Waals surface area (Å²) in [5.41, 5.74) is 6.59. The highest BCUT2D eigenvalue weighted by Crippen LogP contribution is 2.11. The lowest BCUT2D eigenvalue weighted by Gasteiger charge is -2.34. The van der Waals surface area contributed by atoms with E-state index < -0.39 is 0 Å². The van der Waals surface area contributed by atoms with Crippen LogP contribution in [0.25, 0.3) is 0 Å². The molecule has 0 aromatic rings. The van der Waals surface area contributed by atoms with E-state index in [4.69, 9.17) is 15.6 Å². The third-order valence-electron chi connectivity index (χ3n) is 2.52. The molecule has 1 saturated heterocycles. The molecular formula is C11H19N3O2. The number of ether oxygens (including phenoxy) is 1. The summed E-state index contributed by atoms with van der Waals surface area (Å²) in [7, 11) is 0. The Morgan fingerprint density at radius 2 is 2.44 bits per heavy atom. The molecule has 90 valence electrons. The number of rotatable bonds is 4. The zero-order valence-corrected chi connectivity index (χ0v) is 9.59. The lowest BCUT2D eigenvalue weighted by atomic mass is 10.2. The van der Waals surface area contributed by atoms with Crippen LogP contribution >= 0.6 is 0 Å². The lowest BCUT2D eigenvalue weighted by molar-refractivity contribution is -0.0430. The third-order valence-corrected chi connectivity index (χ3v) is 2.52. The van der Waals surface area contributed by atoms with E-state index in [1.807, 2.05) is 13.0 Å². The Morgan fingerprint density at radius 1 is 1.69 bits per heavy atom. The van der Waals surface area contributed by atoms with Crippen LogP contribution in [-0.4, -0.2) is 49.1 Å². The Balaban J connectivity index is 2.59. The first kappa shape index (κ1) is 12.7. The molecule has 1 aliphatic heterocycles. The predicted octanol–water partition coefficient (Wildman–Crippen LogP) is 0.0840. The van der Waals surface area contributed by atoms with E-state index in [0.29, 0.717) is 19.0 Å². The highest BCUT2D eigenvalue weighted by Gasteiger charge is 2.19. The van der Waals surface area contributed by atoms with Gasteiger partial charge in [0.05, 0.1) is 19.3 Å². The summed E-state index contributed by atoms with van der Waals surface area (Å²) in [6, 6.07) is 0. The molecule has 5 nitrogen and oxygen atoms in total. The maximum atomic E-state index is 9.02. The number of nitrogens with zero attached hydrogens (tertiary/aromatic N) is 2. The fourth-order valence-corrected chi connectivity index (χ4v) is 1.51. The Hall–Kier alpha value is -1.33. The summed E-state index contributed by atoms with van der Waals surface area (Å²) in [6.45, 7) is 7.55. The van der Waals surface area contributed by atoms with Crippen LogP contribution in [0.4, 0.5) is 0 Å². The number of nitrogens with two attached hydrogens (primary N) is 1. The molecular weight excluding hydrogens is 206 g/mol. The number of aliphatic hydroxyl groups is 1. The van der Waals surface area contributed by atoms with Gasteiger partial charge in [-0.3, -0.25) is 0 Å². The van der Waals surface area contributed by atoms with Crippen LogP contribution in [0.1, 0.15) is 6.92 Å². The molecule has 0 amide bonds. The van der Waals surface area contributed by atoms with E-state index in [9.17, 15) is 0 Å². The Kier molecular flexibility index (Phi) is 5.01. The van der Waals surface area contributed by atoms with Gasteiger partial charge in [0.15, 0.2) is 0 Å². The zero-order valence-electron chi connectivity index (χ0n) is 9.59. The largest absolute Gasteiger partial charge is 0.394 e. The quantitative estimate of drug-likeness (QED) is 0.525. The molecule has 1 aliphatic rings. The van der Waals surface area contributed by atoms with Gasteiger partial charge in [-0.2, -0.15) is 0 Å². The number of hydrogen-bond donors (Lipinski definition) is 2. The van der Waals surface area contributed by atoms with Crippen molar-refractivity contribution in [3.63, 3.8) is 0 Å². The molecule has 0 saturated carbocycles. The van der Waals surface area contributed by atoms with Crippen molar-refractivity contribution in [3.05, 3.63) is 23.7 Å². The first-order chi connectivity index (χ1) is 7.67. The molecule has 0 aromatic carbocycles. The van der Waals surface area contributed by atoms with Crippen molar-refractivity contribution in [1.82, 2.24) is 4.90 Å². The van der Waals surface area contributed by atoms with Gasteiger partial charge in [0, 0.05) is 18.8 Å². The van der Waals surface area contributed by atoms with E-state index in [-0.39, 0.29) is 12.7 Å². The fraction of sp³-hybridized carbons (Fsp3) is 0.545. The van der Waals surface area contributed by atoms with Crippen LogP contribution < -0.4 is 5.73 Å². The van der Waals surface area contributed by atoms with Gasteiger partial charge in [-0.05, 0) is 25.8 Å². The maximum Gasteiger partial charge on any atom is 0.122 e. The van der Waals surface area contributed by atoms with E-state index in [1.165, 1.54) is 0 Å². The van der Waals surface area contributed by atoms with Gasteiger partial charge in [0.1, 0.15) is 5.82 Å². The SMILES string of the molecule is C=N/C(N)=C\C=C(/C)N1CCO[C@@H](CO)C1. The van der Waals surface area contributed by atoms with E-state index in [1.54, 1.807) is 6.08 Å². The van der Waals surface area contributed by atoms with Crippen LogP contribution in [0.2, 0.25) is 0 Å². The zero-order chi connectivity index (χ0) is 12.0. The Morgan fingerprint density at radius 3 is 3.06 bits per heavy atom. The smallest absolute Gasteiger partial charge is 0.122 e. The molecule has 3 N–H and O–H groups in total. The molecule has 0 bridgehead atoms. The number of morpholine rings is 1. The van der Waals surface area contributed by atoms with Crippen molar-refractivity contribution < 1.29 is 9.84 Å². The lowest BCUT2D eigenvalue weighted by Crippen LogP contribution is -2.42. The average Bonchev–Trinajstić information content (AvgIpc) is 2.35. The minimum atomic E-state index is -0.101. The minimum absolute atomic E-state index is 0.0516.